The number of likely N-dealkylation sites (tertiary alicyclic amines) is 1. The maximum absolute atomic E-state index is 12.9. The van der Waals surface area contributed by atoms with E-state index in [0.717, 1.165) is 51.0 Å². The second kappa shape index (κ2) is 6.82. The second-order valence-electron chi connectivity index (χ2n) is 7.10. The van der Waals surface area contributed by atoms with Crippen LogP contribution in [0.4, 0.5) is 5.69 Å². The maximum atomic E-state index is 12.9. The number of carbonyl (C=O) groups is 1. The smallest absolute Gasteiger partial charge is 0.227 e. The highest BCUT2D eigenvalue weighted by atomic mass is 16.2. The number of nitrogens with zero attached hydrogens (tertiary/aromatic N) is 2. The molecule has 3 nitrogen and oxygen atoms in total. The summed E-state index contributed by atoms with van der Waals surface area (Å²) < 4.78 is 0. The summed E-state index contributed by atoms with van der Waals surface area (Å²) >= 11 is 0. The Morgan fingerprint density at radius 1 is 1.14 bits per heavy atom. The van der Waals surface area contributed by atoms with E-state index in [1.165, 1.54) is 12.0 Å². The summed E-state index contributed by atoms with van der Waals surface area (Å²) in [5.41, 5.74) is 2.50. The van der Waals surface area contributed by atoms with Crippen molar-refractivity contribution in [1.29, 1.82) is 0 Å². The average Bonchev–Trinajstić information content (AvgIpc) is 2.69. The molecule has 1 amide bonds. The van der Waals surface area contributed by atoms with E-state index in [9.17, 15) is 4.79 Å². The number of carbonyl (C=O) groups excluding carboxylic acids is 1. The molecule has 0 saturated carbocycles. The van der Waals surface area contributed by atoms with Gasteiger partial charge < -0.3 is 9.80 Å². The average molecular weight is 300 g/mol. The molecular formula is C19H28N2O. The number of piperidine rings is 1. The molecule has 0 radical (unpaired) electrons. The van der Waals surface area contributed by atoms with Crippen molar-refractivity contribution in [3.8, 4) is 0 Å². The van der Waals surface area contributed by atoms with Crippen LogP contribution in [0.2, 0.25) is 0 Å². The molecule has 22 heavy (non-hydrogen) atoms. The van der Waals surface area contributed by atoms with Gasteiger partial charge in [0, 0.05) is 18.7 Å². The van der Waals surface area contributed by atoms with Gasteiger partial charge in [0.1, 0.15) is 0 Å². The van der Waals surface area contributed by atoms with Crippen LogP contribution < -0.4 is 4.90 Å². The van der Waals surface area contributed by atoms with E-state index in [2.05, 4.69) is 48.0 Å². The van der Waals surface area contributed by atoms with Crippen molar-refractivity contribution in [2.45, 2.75) is 44.9 Å². The lowest BCUT2D eigenvalue weighted by Gasteiger charge is -2.30. The Balaban J connectivity index is 1.73. The van der Waals surface area contributed by atoms with E-state index in [4.69, 9.17) is 0 Å². The van der Waals surface area contributed by atoms with Crippen molar-refractivity contribution < 1.29 is 4.79 Å². The lowest BCUT2D eigenvalue weighted by molar-refractivity contribution is -0.119. The van der Waals surface area contributed by atoms with Crippen molar-refractivity contribution in [1.82, 2.24) is 4.90 Å². The number of hydrogen-bond acceptors (Lipinski definition) is 2. The quantitative estimate of drug-likeness (QED) is 0.832. The molecule has 1 saturated heterocycles. The molecule has 3 heteroatoms. The number of hydrogen-bond donors (Lipinski definition) is 0. The number of amides is 1. The summed E-state index contributed by atoms with van der Waals surface area (Å²) in [5.74, 6) is 1.45. The molecular weight excluding hydrogens is 272 g/mol. The number of para-hydroxylation sites is 1. The summed E-state index contributed by atoms with van der Waals surface area (Å²) in [6.45, 7) is 5.42. The number of rotatable bonds is 2. The SMILES string of the molecule is CC1CCCN(C(=O)CC2CCN(C)CC2)c2ccccc21. The Morgan fingerprint density at radius 2 is 1.86 bits per heavy atom. The van der Waals surface area contributed by atoms with Crippen LogP contribution in [0.3, 0.4) is 0 Å². The first-order chi connectivity index (χ1) is 10.6. The highest BCUT2D eigenvalue weighted by molar-refractivity contribution is 5.94. The first kappa shape index (κ1) is 15.5. The molecule has 1 fully saturated rings. The third kappa shape index (κ3) is 3.35. The van der Waals surface area contributed by atoms with Gasteiger partial charge in [-0.3, -0.25) is 4.79 Å². The predicted octanol–water partition coefficient (Wildman–Crippen LogP) is 3.65. The third-order valence-corrected chi connectivity index (χ3v) is 5.38. The molecule has 2 aliphatic heterocycles. The van der Waals surface area contributed by atoms with Crippen LogP contribution in [0, 0.1) is 5.92 Å². The van der Waals surface area contributed by atoms with Crippen LogP contribution in [0.5, 0.6) is 0 Å². The lowest BCUT2D eigenvalue weighted by atomic mass is 9.93. The van der Waals surface area contributed by atoms with Gasteiger partial charge in [-0.25, -0.2) is 0 Å². The van der Waals surface area contributed by atoms with Crippen LogP contribution in [-0.4, -0.2) is 37.5 Å². The first-order valence-corrected chi connectivity index (χ1v) is 8.73. The standard InChI is InChI=1S/C19H28N2O/c1-15-6-5-11-21(18-8-4-3-7-17(15)18)19(22)14-16-9-12-20(2)13-10-16/h3-4,7-8,15-16H,5-6,9-14H2,1-2H3. The topological polar surface area (TPSA) is 23.6 Å². The van der Waals surface area contributed by atoms with Crippen LogP contribution in [0.1, 0.15) is 50.5 Å². The lowest BCUT2D eigenvalue weighted by Crippen LogP contribution is -2.36. The minimum atomic E-state index is 0.330. The Kier molecular flexibility index (Phi) is 4.82. The second-order valence-corrected chi connectivity index (χ2v) is 7.10. The fourth-order valence-electron chi connectivity index (χ4n) is 3.86. The molecule has 120 valence electrons. The third-order valence-electron chi connectivity index (χ3n) is 5.38. The summed E-state index contributed by atoms with van der Waals surface area (Å²) in [7, 11) is 2.17. The summed E-state index contributed by atoms with van der Waals surface area (Å²) in [5, 5.41) is 0. The molecule has 1 aromatic rings. The van der Waals surface area contributed by atoms with Gasteiger partial charge in [-0.2, -0.15) is 0 Å². The van der Waals surface area contributed by atoms with Gasteiger partial charge in [0.15, 0.2) is 0 Å². The van der Waals surface area contributed by atoms with E-state index in [1.54, 1.807) is 0 Å². The zero-order valence-corrected chi connectivity index (χ0v) is 13.9. The molecule has 0 N–H and O–H groups in total. The highest BCUT2D eigenvalue weighted by Gasteiger charge is 2.27. The van der Waals surface area contributed by atoms with Crippen molar-refractivity contribution in [2.24, 2.45) is 5.92 Å². The molecule has 0 aliphatic carbocycles. The van der Waals surface area contributed by atoms with Crippen molar-refractivity contribution in [3.05, 3.63) is 29.8 Å². The van der Waals surface area contributed by atoms with E-state index in [1.807, 2.05) is 0 Å². The van der Waals surface area contributed by atoms with E-state index in [0.29, 0.717) is 17.7 Å². The molecule has 3 rings (SSSR count). The monoisotopic (exact) mass is 300 g/mol. The first-order valence-electron chi connectivity index (χ1n) is 8.73. The zero-order chi connectivity index (χ0) is 15.5. The van der Waals surface area contributed by atoms with E-state index >= 15 is 0 Å². The van der Waals surface area contributed by atoms with Crippen molar-refractivity contribution >= 4 is 11.6 Å². The Labute approximate surface area is 134 Å². The predicted molar refractivity (Wildman–Crippen MR) is 91.3 cm³/mol. The fraction of sp³-hybridized carbons (Fsp3) is 0.632. The summed E-state index contributed by atoms with van der Waals surface area (Å²) in [4.78, 5) is 17.3. The molecule has 1 atom stereocenters. The minimum absolute atomic E-state index is 0.330. The van der Waals surface area contributed by atoms with Crippen LogP contribution >= 0.6 is 0 Å². The largest absolute Gasteiger partial charge is 0.312 e. The molecule has 0 spiro atoms. The van der Waals surface area contributed by atoms with Crippen LogP contribution in [-0.2, 0) is 4.79 Å². The summed E-state index contributed by atoms with van der Waals surface area (Å²) in [6.07, 6.45) is 5.32. The molecule has 1 unspecified atom stereocenters. The van der Waals surface area contributed by atoms with Gasteiger partial charge in [-0.05, 0) is 69.3 Å². The van der Waals surface area contributed by atoms with Crippen molar-refractivity contribution in [3.63, 3.8) is 0 Å². The fourth-order valence-corrected chi connectivity index (χ4v) is 3.86. The van der Waals surface area contributed by atoms with Gasteiger partial charge in [-0.15, -0.1) is 0 Å². The zero-order valence-electron chi connectivity index (χ0n) is 13.9. The Bertz CT molecular complexity index is 520. The highest BCUT2D eigenvalue weighted by Crippen LogP contribution is 2.34. The molecule has 0 aromatic heterocycles. The van der Waals surface area contributed by atoms with Gasteiger partial charge in [0.05, 0.1) is 0 Å². The van der Waals surface area contributed by atoms with Crippen LogP contribution in [0.25, 0.3) is 0 Å². The normalized spacial score (nSPS) is 23.9. The van der Waals surface area contributed by atoms with E-state index in [-0.39, 0.29) is 0 Å². The number of benzene rings is 1. The van der Waals surface area contributed by atoms with Gasteiger partial charge in [0.2, 0.25) is 5.91 Å². The molecule has 0 bridgehead atoms. The van der Waals surface area contributed by atoms with Gasteiger partial charge >= 0.3 is 0 Å². The number of fused-ring (bicyclic) bond motifs is 1. The van der Waals surface area contributed by atoms with Crippen LogP contribution in [0.15, 0.2) is 24.3 Å². The molecule has 2 heterocycles. The minimum Gasteiger partial charge on any atom is -0.312 e. The van der Waals surface area contributed by atoms with E-state index < -0.39 is 0 Å². The van der Waals surface area contributed by atoms with Gasteiger partial charge in [-0.1, -0.05) is 25.1 Å². The molecule has 2 aliphatic rings. The summed E-state index contributed by atoms with van der Waals surface area (Å²) in [6, 6.07) is 8.48. The Morgan fingerprint density at radius 3 is 2.64 bits per heavy atom. The molecule has 1 aromatic carbocycles. The Hall–Kier alpha value is -1.35. The van der Waals surface area contributed by atoms with Crippen molar-refractivity contribution in [2.75, 3.05) is 31.6 Å². The number of anilines is 1. The maximum Gasteiger partial charge on any atom is 0.227 e. The van der Waals surface area contributed by atoms with Gasteiger partial charge in [0.25, 0.3) is 0 Å².